The van der Waals surface area contributed by atoms with Crippen LogP contribution >= 0.6 is 0 Å². The van der Waals surface area contributed by atoms with Gasteiger partial charge in [0.1, 0.15) is 0 Å². The van der Waals surface area contributed by atoms with Gasteiger partial charge in [0.15, 0.2) is 0 Å². The fraction of sp³-hybridized carbons (Fsp3) is 0.750. The number of carbonyl (C=O) groups is 1. The Morgan fingerprint density at radius 3 is 2.77 bits per heavy atom. The van der Waals surface area contributed by atoms with Crippen LogP contribution in [-0.2, 0) is 0 Å². The molecule has 1 saturated carbocycles. The summed E-state index contributed by atoms with van der Waals surface area (Å²) in [7, 11) is 1.87. The zero-order valence-corrected chi connectivity index (χ0v) is 13.8. The van der Waals surface area contributed by atoms with E-state index in [9.17, 15) is 9.90 Å². The van der Waals surface area contributed by atoms with E-state index in [1.54, 1.807) is 24.2 Å². The van der Waals surface area contributed by atoms with Crippen LogP contribution in [0.15, 0.2) is 17.3 Å². The molecule has 0 saturated heterocycles. The molecule has 1 aliphatic carbocycles. The number of amides is 2. The summed E-state index contributed by atoms with van der Waals surface area (Å²) in [5, 5.41) is 10.5. The van der Waals surface area contributed by atoms with Crippen LogP contribution < -0.4 is 5.73 Å². The highest BCUT2D eigenvalue weighted by Gasteiger charge is 2.40. The van der Waals surface area contributed by atoms with E-state index in [-0.39, 0.29) is 18.0 Å². The van der Waals surface area contributed by atoms with Crippen LogP contribution in [0.2, 0.25) is 0 Å². The van der Waals surface area contributed by atoms with Crippen molar-refractivity contribution in [3.05, 3.63) is 12.3 Å². The number of hydrogen-bond acceptors (Lipinski definition) is 4. The standard InChI is InChI=1S/C16H28N4O2/c1-12(16(2,22)8-9-17)14-10-18-11-20(14)15(21)19(3)13-6-4-5-7-13/h8-9,11-14,22H,4-7,10,17H2,1-3H3/b9-8+/t12-,14?,16?/m0/s1. The van der Waals surface area contributed by atoms with Gasteiger partial charge in [-0.1, -0.05) is 19.8 Å². The Morgan fingerprint density at radius 2 is 2.18 bits per heavy atom. The largest absolute Gasteiger partial charge is 0.405 e. The van der Waals surface area contributed by atoms with Crippen LogP contribution in [0.25, 0.3) is 0 Å². The predicted octanol–water partition coefficient (Wildman–Crippen LogP) is 1.55. The molecular formula is C16H28N4O2. The van der Waals surface area contributed by atoms with E-state index >= 15 is 0 Å². The summed E-state index contributed by atoms with van der Waals surface area (Å²) < 4.78 is 0. The van der Waals surface area contributed by atoms with Crippen molar-refractivity contribution in [2.75, 3.05) is 13.6 Å². The minimum atomic E-state index is -1.07. The Kier molecular flexibility index (Phi) is 5.11. The van der Waals surface area contributed by atoms with Gasteiger partial charge in [0.2, 0.25) is 0 Å². The van der Waals surface area contributed by atoms with E-state index in [2.05, 4.69) is 4.99 Å². The minimum Gasteiger partial charge on any atom is -0.405 e. The minimum absolute atomic E-state index is 0.0301. The van der Waals surface area contributed by atoms with Gasteiger partial charge in [-0.05, 0) is 32.0 Å². The van der Waals surface area contributed by atoms with Gasteiger partial charge in [-0.15, -0.1) is 0 Å². The van der Waals surface area contributed by atoms with Crippen LogP contribution in [0.5, 0.6) is 0 Å². The fourth-order valence-electron chi connectivity index (χ4n) is 3.37. The lowest BCUT2D eigenvalue weighted by Crippen LogP contribution is -2.53. The van der Waals surface area contributed by atoms with Crippen LogP contribution in [0.3, 0.4) is 0 Å². The van der Waals surface area contributed by atoms with Gasteiger partial charge >= 0.3 is 6.03 Å². The van der Waals surface area contributed by atoms with E-state index in [0.717, 1.165) is 12.8 Å². The molecule has 22 heavy (non-hydrogen) atoms. The van der Waals surface area contributed by atoms with E-state index < -0.39 is 5.60 Å². The maximum absolute atomic E-state index is 12.8. The van der Waals surface area contributed by atoms with Gasteiger partial charge in [0.25, 0.3) is 0 Å². The van der Waals surface area contributed by atoms with Crippen molar-refractivity contribution in [3.63, 3.8) is 0 Å². The molecule has 124 valence electrons. The first-order valence-electron chi connectivity index (χ1n) is 8.05. The van der Waals surface area contributed by atoms with Crippen molar-refractivity contribution >= 4 is 12.4 Å². The molecule has 2 amide bonds. The molecule has 0 aromatic heterocycles. The van der Waals surface area contributed by atoms with Crippen molar-refractivity contribution in [3.8, 4) is 0 Å². The number of aliphatic hydroxyl groups is 1. The van der Waals surface area contributed by atoms with Gasteiger partial charge < -0.3 is 15.7 Å². The van der Waals surface area contributed by atoms with E-state index in [4.69, 9.17) is 5.73 Å². The molecule has 6 nitrogen and oxygen atoms in total. The Labute approximate surface area is 132 Å². The summed E-state index contributed by atoms with van der Waals surface area (Å²) in [5.41, 5.74) is 4.34. The first kappa shape index (κ1) is 16.8. The third kappa shape index (κ3) is 3.27. The lowest BCUT2D eigenvalue weighted by Gasteiger charge is -2.37. The van der Waals surface area contributed by atoms with E-state index in [0.29, 0.717) is 12.6 Å². The lowest BCUT2D eigenvalue weighted by molar-refractivity contribution is 0.0258. The van der Waals surface area contributed by atoms with E-state index in [1.165, 1.54) is 19.0 Å². The summed E-state index contributed by atoms with van der Waals surface area (Å²) in [6.45, 7) is 4.15. The SMILES string of the molecule is C[C@@H](C1CN=CN1C(=O)N(C)C1CCCC1)C(C)(O)/C=C/N. The lowest BCUT2D eigenvalue weighted by atomic mass is 9.84. The summed E-state index contributed by atoms with van der Waals surface area (Å²) >= 11 is 0. The number of hydrogen-bond donors (Lipinski definition) is 2. The predicted molar refractivity (Wildman–Crippen MR) is 87.5 cm³/mol. The molecule has 3 N–H and O–H groups in total. The van der Waals surface area contributed by atoms with Crippen molar-refractivity contribution < 1.29 is 9.90 Å². The van der Waals surface area contributed by atoms with Crippen molar-refractivity contribution in [2.24, 2.45) is 16.6 Å². The molecular weight excluding hydrogens is 280 g/mol. The smallest absolute Gasteiger partial charge is 0.325 e. The Bertz CT molecular complexity index is 455. The van der Waals surface area contributed by atoms with Gasteiger partial charge in [0.05, 0.1) is 24.5 Å². The third-order valence-electron chi connectivity index (χ3n) is 5.18. The van der Waals surface area contributed by atoms with Gasteiger partial charge in [-0.3, -0.25) is 9.89 Å². The Balaban J connectivity index is 2.09. The molecule has 1 fully saturated rings. The summed E-state index contributed by atoms with van der Waals surface area (Å²) in [4.78, 5) is 20.5. The quantitative estimate of drug-likeness (QED) is 0.826. The maximum atomic E-state index is 12.8. The second-order valence-corrected chi connectivity index (χ2v) is 6.66. The average molecular weight is 308 g/mol. The highest BCUT2D eigenvalue weighted by atomic mass is 16.3. The molecule has 2 aliphatic rings. The molecule has 3 atom stereocenters. The zero-order valence-electron chi connectivity index (χ0n) is 13.8. The molecule has 2 unspecified atom stereocenters. The van der Waals surface area contributed by atoms with Crippen LogP contribution in [0.4, 0.5) is 4.79 Å². The van der Waals surface area contributed by atoms with E-state index in [1.807, 2.05) is 18.9 Å². The normalized spacial score (nSPS) is 26.5. The second-order valence-electron chi connectivity index (χ2n) is 6.66. The van der Waals surface area contributed by atoms with Crippen molar-refractivity contribution in [1.29, 1.82) is 0 Å². The average Bonchev–Trinajstić information content (AvgIpc) is 3.15. The zero-order chi connectivity index (χ0) is 16.3. The summed E-state index contributed by atoms with van der Waals surface area (Å²) in [6.07, 6.45) is 9.04. The maximum Gasteiger partial charge on any atom is 0.325 e. The third-order valence-corrected chi connectivity index (χ3v) is 5.18. The van der Waals surface area contributed by atoms with Crippen molar-refractivity contribution in [1.82, 2.24) is 9.80 Å². The first-order chi connectivity index (χ1) is 10.4. The molecule has 0 bridgehead atoms. The number of nitrogens with zero attached hydrogens (tertiary/aromatic N) is 3. The first-order valence-corrected chi connectivity index (χ1v) is 8.05. The Hall–Kier alpha value is -1.56. The van der Waals surface area contributed by atoms with Crippen LogP contribution in [0, 0.1) is 5.92 Å². The molecule has 1 aliphatic heterocycles. The number of carbonyl (C=O) groups excluding carboxylic acids is 1. The topological polar surface area (TPSA) is 82.2 Å². The summed E-state index contributed by atoms with van der Waals surface area (Å²) in [5.74, 6) is -0.171. The number of rotatable bonds is 4. The highest BCUT2D eigenvalue weighted by molar-refractivity contribution is 5.88. The number of aliphatic imine (C=N–C) groups is 1. The van der Waals surface area contributed by atoms with Crippen LogP contribution in [-0.4, -0.2) is 58.6 Å². The van der Waals surface area contributed by atoms with Gasteiger partial charge in [0, 0.05) is 19.0 Å². The molecule has 6 heteroatoms. The monoisotopic (exact) mass is 308 g/mol. The molecule has 0 aromatic rings. The second kappa shape index (κ2) is 6.69. The molecule has 0 radical (unpaired) electrons. The fourth-order valence-corrected chi connectivity index (χ4v) is 3.37. The molecule has 1 heterocycles. The Morgan fingerprint density at radius 1 is 1.55 bits per heavy atom. The number of urea groups is 1. The molecule has 0 aromatic carbocycles. The number of nitrogens with two attached hydrogens (primary N) is 1. The highest BCUT2D eigenvalue weighted by Crippen LogP contribution is 2.29. The van der Waals surface area contributed by atoms with Crippen molar-refractivity contribution in [2.45, 2.75) is 57.2 Å². The van der Waals surface area contributed by atoms with Crippen LogP contribution in [0.1, 0.15) is 39.5 Å². The van der Waals surface area contributed by atoms with Gasteiger partial charge in [-0.2, -0.15) is 0 Å². The molecule has 2 rings (SSSR count). The summed E-state index contributed by atoms with van der Waals surface area (Å²) in [6, 6.07) is 0.141. The van der Waals surface area contributed by atoms with Gasteiger partial charge in [-0.25, -0.2) is 4.79 Å². The molecule has 0 spiro atoms.